The summed E-state index contributed by atoms with van der Waals surface area (Å²) < 4.78 is 11.8. The maximum absolute atomic E-state index is 14.4. The fourth-order valence-corrected chi connectivity index (χ4v) is 6.49. The number of carbonyl (C=O) groups excluding carboxylic acids is 2. The largest absolute Gasteiger partial charge is 0.491 e. The highest BCUT2D eigenvalue weighted by atomic mass is 35.5. The summed E-state index contributed by atoms with van der Waals surface area (Å²) in [7, 11) is 0. The van der Waals surface area contributed by atoms with E-state index in [4.69, 9.17) is 44.2 Å². The summed E-state index contributed by atoms with van der Waals surface area (Å²) in [5.41, 5.74) is 1.80. The zero-order valence-corrected chi connectivity index (χ0v) is 24.3. The number of piperidine rings is 1. The van der Waals surface area contributed by atoms with Crippen molar-refractivity contribution in [2.24, 2.45) is 0 Å². The van der Waals surface area contributed by atoms with Crippen molar-refractivity contribution in [3.63, 3.8) is 0 Å². The number of terminal acetylenes is 1. The van der Waals surface area contributed by atoms with Crippen molar-refractivity contribution in [3.8, 4) is 29.6 Å². The highest BCUT2D eigenvalue weighted by Crippen LogP contribution is 2.58. The average molecular weight is 613 g/mol. The van der Waals surface area contributed by atoms with Crippen LogP contribution < -0.4 is 20.1 Å². The third kappa shape index (κ3) is 5.19. The Labute approximate surface area is 258 Å². The van der Waals surface area contributed by atoms with Crippen LogP contribution in [0.15, 0.2) is 84.9 Å². The number of fused-ring (bicyclic) bond motifs is 2. The van der Waals surface area contributed by atoms with Crippen molar-refractivity contribution < 1.29 is 24.2 Å². The molecule has 0 radical (unpaired) electrons. The van der Waals surface area contributed by atoms with Gasteiger partial charge in [0, 0.05) is 39.2 Å². The topological polar surface area (TPSA) is 96.9 Å². The summed E-state index contributed by atoms with van der Waals surface area (Å²) >= 11 is 12.8. The summed E-state index contributed by atoms with van der Waals surface area (Å²) in [6.45, 7) is 0.0704. The standard InChI is InChI=1S/C34H26Cl2N2O5/c1-2-20-6-13-30(43-25-10-8-24(9-11-25)42-15-14-39)26(16-20)32-34(27-12-7-23(36)18-29(27)37-33(34)41)28(19-31(40)38-32)21-4-3-5-22(35)17-21/h1,3-13,16-18,28,32,39H,14-15,19H2,(H,37,41)(H,38,40)/t28-,32+,34?/m0/s1. The number of carbonyl (C=O) groups is 2. The van der Waals surface area contributed by atoms with Gasteiger partial charge in [0.05, 0.1) is 12.6 Å². The number of amides is 2. The van der Waals surface area contributed by atoms with Gasteiger partial charge in [-0.05, 0) is 77.9 Å². The van der Waals surface area contributed by atoms with Gasteiger partial charge < -0.3 is 25.2 Å². The van der Waals surface area contributed by atoms with Crippen molar-refractivity contribution in [1.29, 1.82) is 0 Å². The van der Waals surface area contributed by atoms with Crippen molar-refractivity contribution in [2.75, 3.05) is 18.5 Å². The predicted octanol–water partition coefficient (Wildman–Crippen LogP) is 6.37. The Morgan fingerprint density at radius 2 is 1.72 bits per heavy atom. The Kier molecular flexibility index (Phi) is 7.76. The number of ether oxygens (including phenoxy) is 2. The van der Waals surface area contributed by atoms with Crippen LogP contribution in [0.3, 0.4) is 0 Å². The van der Waals surface area contributed by atoms with Gasteiger partial charge in [-0.1, -0.05) is 47.3 Å². The van der Waals surface area contributed by atoms with Gasteiger partial charge >= 0.3 is 0 Å². The second-order valence-electron chi connectivity index (χ2n) is 10.4. The van der Waals surface area contributed by atoms with Crippen LogP contribution in [0.25, 0.3) is 0 Å². The lowest BCUT2D eigenvalue weighted by Gasteiger charge is -2.46. The number of benzene rings is 4. The SMILES string of the molecule is C#Cc1ccc(Oc2ccc(OCCO)cc2)c([C@H]2NC(=O)C[C@@H](c3cccc(Cl)c3)C23C(=O)Nc2cc(Cl)ccc23)c1. The maximum atomic E-state index is 14.4. The molecule has 6 rings (SSSR count). The first kappa shape index (κ1) is 28.6. The maximum Gasteiger partial charge on any atom is 0.238 e. The second kappa shape index (κ2) is 11.7. The van der Waals surface area contributed by atoms with E-state index in [2.05, 4.69) is 16.6 Å². The summed E-state index contributed by atoms with van der Waals surface area (Å²) in [5, 5.41) is 16.2. The molecular formula is C34H26Cl2N2O5. The Morgan fingerprint density at radius 1 is 0.953 bits per heavy atom. The summed E-state index contributed by atoms with van der Waals surface area (Å²) in [5.74, 6) is 3.03. The Bertz CT molecular complexity index is 1770. The minimum absolute atomic E-state index is 0.0483. The van der Waals surface area contributed by atoms with Gasteiger partial charge in [-0.2, -0.15) is 0 Å². The van der Waals surface area contributed by atoms with Crippen molar-refractivity contribution in [3.05, 3.63) is 117 Å². The van der Waals surface area contributed by atoms with Crippen LogP contribution in [0.1, 0.15) is 40.6 Å². The molecule has 4 aromatic rings. The molecule has 0 saturated carbocycles. The van der Waals surface area contributed by atoms with Gasteiger partial charge in [-0.3, -0.25) is 9.59 Å². The van der Waals surface area contributed by atoms with Gasteiger partial charge in [-0.25, -0.2) is 0 Å². The fraction of sp³-hybridized carbons (Fsp3) is 0.176. The third-order valence-electron chi connectivity index (χ3n) is 7.90. The Hall–Kier alpha value is -4.48. The number of rotatable bonds is 7. The quantitative estimate of drug-likeness (QED) is 0.211. The molecule has 0 aromatic heterocycles. The minimum atomic E-state index is -1.30. The summed E-state index contributed by atoms with van der Waals surface area (Å²) in [6, 6.07) is 23.8. The molecule has 1 spiro atoms. The molecule has 0 aliphatic carbocycles. The van der Waals surface area contributed by atoms with E-state index in [9.17, 15) is 9.59 Å². The molecule has 3 atom stereocenters. The molecule has 1 unspecified atom stereocenters. The van der Waals surface area contributed by atoms with Gasteiger partial charge in [0.15, 0.2) is 0 Å². The van der Waals surface area contributed by atoms with E-state index in [1.54, 1.807) is 66.7 Å². The molecular weight excluding hydrogens is 587 g/mol. The zero-order chi connectivity index (χ0) is 30.1. The van der Waals surface area contributed by atoms with Crippen LogP contribution >= 0.6 is 23.2 Å². The van der Waals surface area contributed by atoms with E-state index in [0.29, 0.717) is 49.7 Å². The lowest BCUT2D eigenvalue weighted by molar-refractivity contribution is -0.131. The fourth-order valence-electron chi connectivity index (χ4n) is 6.12. The number of hydrogen-bond acceptors (Lipinski definition) is 5. The molecule has 2 aliphatic heterocycles. The molecule has 3 N–H and O–H groups in total. The molecule has 7 nitrogen and oxygen atoms in total. The first-order chi connectivity index (χ1) is 20.8. The highest BCUT2D eigenvalue weighted by molar-refractivity contribution is 6.31. The average Bonchev–Trinajstić information content (AvgIpc) is 3.28. The third-order valence-corrected chi connectivity index (χ3v) is 8.37. The number of nitrogens with one attached hydrogen (secondary N) is 2. The van der Waals surface area contributed by atoms with Gasteiger partial charge in [-0.15, -0.1) is 6.42 Å². The molecule has 216 valence electrons. The smallest absolute Gasteiger partial charge is 0.238 e. The second-order valence-corrected chi connectivity index (χ2v) is 11.2. The number of hydrogen-bond donors (Lipinski definition) is 3. The predicted molar refractivity (Wildman–Crippen MR) is 165 cm³/mol. The highest BCUT2D eigenvalue weighted by Gasteiger charge is 2.61. The van der Waals surface area contributed by atoms with Crippen molar-refractivity contribution in [1.82, 2.24) is 5.32 Å². The number of halogens is 2. The zero-order valence-electron chi connectivity index (χ0n) is 22.8. The van der Waals surface area contributed by atoms with Crippen LogP contribution in [-0.4, -0.2) is 30.1 Å². The molecule has 2 amide bonds. The molecule has 2 heterocycles. The lowest BCUT2D eigenvalue weighted by Crippen LogP contribution is -2.56. The van der Waals surface area contributed by atoms with Gasteiger partial charge in [0.25, 0.3) is 0 Å². The summed E-state index contributed by atoms with van der Waals surface area (Å²) in [4.78, 5) is 27.8. The monoisotopic (exact) mass is 612 g/mol. The van der Waals surface area contributed by atoms with Gasteiger partial charge in [0.1, 0.15) is 29.3 Å². The van der Waals surface area contributed by atoms with E-state index in [1.807, 2.05) is 18.2 Å². The number of aliphatic hydroxyl groups excluding tert-OH is 1. The molecule has 0 bridgehead atoms. The lowest BCUT2D eigenvalue weighted by atomic mass is 9.59. The van der Waals surface area contributed by atoms with Gasteiger partial charge in [0.2, 0.25) is 11.8 Å². The van der Waals surface area contributed by atoms with E-state index in [0.717, 1.165) is 5.56 Å². The molecule has 4 aromatic carbocycles. The molecule has 43 heavy (non-hydrogen) atoms. The van der Waals surface area contributed by atoms with Crippen LogP contribution in [0.2, 0.25) is 10.0 Å². The Morgan fingerprint density at radius 3 is 2.47 bits per heavy atom. The van der Waals surface area contributed by atoms with Crippen LogP contribution in [0.5, 0.6) is 17.2 Å². The van der Waals surface area contributed by atoms with Crippen LogP contribution in [0, 0.1) is 12.3 Å². The van der Waals surface area contributed by atoms with E-state index in [-0.39, 0.29) is 31.4 Å². The van der Waals surface area contributed by atoms with E-state index in [1.165, 1.54) is 0 Å². The minimum Gasteiger partial charge on any atom is -0.491 e. The Balaban J connectivity index is 1.54. The van der Waals surface area contributed by atoms with Crippen molar-refractivity contribution >= 4 is 40.7 Å². The van der Waals surface area contributed by atoms with Crippen LogP contribution in [0.4, 0.5) is 5.69 Å². The van der Waals surface area contributed by atoms with E-state index >= 15 is 0 Å². The summed E-state index contributed by atoms with van der Waals surface area (Å²) in [6.07, 6.45) is 5.87. The first-order valence-electron chi connectivity index (χ1n) is 13.6. The van der Waals surface area contributed by atoms with Crippen LogP contribution in [-0.2, 0) is 15.0 Å². The van der Waals surface area contributed by atoms with Crippen molar-refractivity contribution in [2.45, 2.75) is 23.8 Å². The number of anilines is 1. The molecule has 1 saturated heterocycles. The molecule has 9 heteroatoms. The number of aliphatic hydroxyl groups is 1. The van der Waals surface area contributed by atoms with E-state index < -0.39 is 17.4 Å². The normalized spacial score (nSPS) is 20.6. The first-order valence-corrected chi connectivity index (χ1v) is 14.4. The molecule has 1 fully saturated rings. The molecule has 2 aliphatic rings.